The fourth-order valence-corrected chi connectivity index (χ4v) is 3.62. The molecule has 3 nitrogen and oxygen atoms in total. The van der Waals surface area contributed by atoms with Gasteiger partial charge in [0.25, 0.3) is 5.43 Å². The summed E-state index contributed by atoms with van der Waals surface area (Å²) in [5.74, 6) is 0. The van der Waals surface area contributed by atoms with Crippen LogP contribution in [0.4, 0.5) is 0 Å². The summed E-state index contributed by atoms with van der Waals surface area (Å²) in [6.07, 6.45) is 0. The molecule has 0 amide bonds. The molecule has 4 aromatic rings. The van der Waals surface area contributed by atoms with E-state index >= 15 is 0 Å². The Labute approximate surface area is 110 Å². The van der Waals surface area contributed by atoms with E-state index in [9.17, 15) is 14.4 Å². The van der Waals surface area contributed by atoms with Crippen LogP contribution < -0.4 is 16.3 Å². The summed E-state index contributed by atoms with van der Waals surface area (Å²) in [6.45, 7) is 0. The van der Waals surface area contributed by atoms with Crippen LogP contribution in [-0.2, 0) is 0 Å². The SMILES string of the molecule is O=c1c(=O)c2cc3sc4ccccc4c3cc2c1=O. The first-order valence-electron chi connectivity index (χ1n) is 5.75. The Morgan fingerprint density at radius 3 is 2.11 bits per heavy atom. The van der Waals surface area contributed by atoms with Gasteiger partial charge in [-0.15, -0.1) is 11.3 Å². The van der Waals surface area contributed by atoms with E-state index < -0.39 is 16.3 Å². The second kappa shape index (κ2) is 3.36. The number of rotatable bonds is 0. The van der Waals surface area contributed by atoms with E-state index in [1.54, 1.807) is 23.5 Å². The average Bonchev–Trinajstić information content (AvgIpc) is 2.89. The van der Waals surface area contributed by atoms with Crippen LogP contribution in [0.2, 0.25) is 0 Å². The van der Waals surface area contributed by atoms with Crippen molar-refractivity contribution in [1.82, 2.24) is 0 Å². The van der Waals surface area contributed by atoms with Crippen molar-refractivity contribution >= 4 is 42.3 Å². The number of hydrogen-bond donors (Lipinski definition) is 0. The molecule has 0 saturated heterocycles. The molecule has 4 rings (SSSR count). The molecular weight excluding hydrogens is 260 g/mol. The zero-order valence-corrected chi connectivity index (χ0v) is 10.4. The zero-order valence-electron chi connectivity index (χ0n) is 9.60. The fraction of sp³-hybridized carbons (Fsp3) is 0. The van der Waals surface area contributed by atoms with Crippen LogP contribution in [0.5, 0.6) is 0 Å². The van der Waals surface area contributed by atoms with Gasteiger partial charge in [0.05, 0.1) is 0 Å². The van der Waals surface area contributed by atoms with Crippen LogP contribution in [0, 0.1) is 0 Å². The maximum atomic E-state index is 11.7. The van der Waals surface area contributed by atoms with Gasteiger partial charge in [-0.25, -0.2) is 0 Å². The largest absolute Gasteiger partial charge is 0.285 e. The zero-order chi connectivity index (χ0) is 13.1. The van der Waals surface area contributed by atoms with Gasteiger partial charge in [0.15, 0.2) is 0 Å². The molecule has 0 N–H and O–H groups in total. The molecule has 4 heteroatoms. The highest BCUT2D eigenvalue weighted by Gasteiger charge is 2.15. The molecule has 1 heterocycles. The van der Waals surface area contributed by atoms with Crippen molar-refractivity contribution in [1.29, 1.82) is 0 Å². The maximum Gasteiger partial charge on any atom is 0.273 e. The standard InChI is InChI=1S/C15H6O3S/c16-13-9-5-8-7-3-1-2-4-11(7)19-12(8)6-10(9)14(17)15(13)18/h1-6H. The van der Waals surface area contributed by atoms with Crippen molar-refractivity contribution < 1.29 is 0 Å². The van der Waals surface area contributed by atoms with Gasteiger partial charge in [-0.2, -0.15) is 0 Å². The van der Waals surface area contributed by atoms with Gasteiger partial charge in [-0.3, -0.25) is 14.4 Å². The third-order valence-electron chi connectivity index (χ3n) is 3.42. The van der Waals surface area contributed by atoms with E-state index in [2.05, 4.69) is 0 Å². The van der Waals surface area contributed by atoms with Crippen molar-refractivity contribution in [3.63, 3.8) is 0 Å². The highest BCUT2D eigenvalue weighted by molar-refractivity contribution is 7.25. The summed E-state index contributed by atoms with van der Waals surface area (Å²) in [5.41, 5.74) is -2.28. The summed E-state index contributed by atoms with van der Waals surface area (Å²) in [5, 5.41) is 2.46. The van der Waals surface area contributed by atoms with Gasteiger partial charge in [-0.05, 0) is 18.2 Å². The Kier molecular flexibility index (Phi) is 1.87. The minimum atomic E-state index is -0.919. The van der Waals surface area contributed by atoms with Crippen molar-refractivity contribution in [3.05, 3.63) is 67.1 Å². The lowest BCUT2D eigenvalue weighted by Gasteiger charge is -1.91. The molecule has 0 atom stereocenters. The number of benzene rings is 2. The van der Waals surface area contributed by atoms with Crippen LogP contribution in [-0.4, -0.2) is 0 Å². The Bertz CT molecular complexity index is 1110. The summed E-state index contributed by atoms with van der Waals surface area (Å²) in [7, 11) is 0. The van der Waals surface area contributed by atoms with Crippen molar-refractivity contribution in [2.75, 3.05) is 0 Å². The molecule has 0 aliphatic heterocycles. The first-order chi connectivity index (χ1) is 9.16. The fourth-order valence-electron chi connectivity index (χ4n) is 2.49. The van der Waals surface area contributed by atoms with Crippen LogP contribution in [0.25, 0.3) is 30.9 Å². The van der Waals surface area contributed by atoms with Gasteiger partial charge in [0.2, 0.25) is 10.9 Å². The predicted octanol–water partition coefficient (Wildman–Crippen LogP) is 2.16. The molecule has 3 aromatic carbocycles. The maximum absolute atomic E-state index is 11.7. The lowest BCUT2D eigenvalue weighted by Crippen LogP contribution is -2.29. The summed E-state index contributed by atoms with van der Waals surface area (Å²) in [4.78, 5) is 34.9. The lowest BCUT2D eigenvalue weighted by molar-refractivity contribution is 1.56. The molecule has 1 aromatic heterocycles. The van der Waals surface area contributed by atoms with Crippen molar-refractivity contribution in [2.45, 2.75) is 0 Å². The summed E-state index contributed by atoms with van der Waals surface area (Å²) in [6, 6.07) is 11.2. The number of fused-ring (bicyclic) bond motifs is 4. The van der Waals surface area contributed by atoms with E-state index in [0.29, 0.717) is 0 Å². The van der Waals surface area contributed by atoms with Crippen molar-refractivity contribution in [3.8, 4) is 0 Å². The molecular formula is C15H6O3S. The molecule has 0 unspecified atom stereocenters. The van der Waals surface area contributed by atoms with Crippen LogP contribution in [0.3, 0.4) is 0 Å². The lowest BCUT2D eigenvalue weighted by atomic mass is 10.1. The minimum Gasteiger partial charge on any atom is -0.285 e. The van der Waals surface area contributed by atoms with Crippen LogP contribution >= 0.6 is 11.3 Å². The Morgan fingerprint density at radius 1 is 0.632 bits per heavy atom. The molecule has 0 saturated carbocycles. The number of thiophene rings is 1. The summed E-state index contributed by atoms with van der Waals surface area (Å²) >= 11 is 1.56. The Hall–Kier alpha value is -2.33. The first kappa shape index (κ1) is 10.6. The predicted molar refractivity (Wildman–Crippen MR) is 78.0 cm³/mol. The molecule has 0 aliphatic carbocycles. The van der Waals surface area contributed by atoms with Gasteiger partial charge in [0.1, 0.15) is 0 Å². The normalized spacial score (nSPS) is 11.8. The van der Waals surface area contributed by atoms with E-state index in [4.69, 9.17) is 0 Å². The third kappa shape index (κ3) is 1.24. The smallest absolute Gasteiger partial charge is 0.273 e. The Balaban J connectivity index is 2.38. The van der Waals surface area contributed by atoms with E-state index in [1.165, 1.54) is 0 Å². The molecule has 0 bridgehead atoms. The third-order valence-corrected chi connectivity index (χ3v) is 4.55. The minimum absolute atomic E-state index is 0.242. The molecule has 19 heavy (non-hydrogen) atoms. The molecule has 0 radical (unpaired) electrons. The van der Waals surface area contributed by atoms with Crippen LogP contribution in [0.15, 0.2) is 50.8 Å². The van der Waals surface area contributed by atoms with Gasteiger partial charge >= 0.3 is 0 Å². The second-order valence-electron chi connectivity index (χ2n) is 4.48. The number of hydrogen-bond acceptors (Lipinski definition) is 4. The van der Waals surface area contributed by atoms with Crippen LogP contribution in [0.1, 0.15) is 0 Å². The highest BCUT2D eigenvalue weighted by Crippen LogP contribution is 2.34. The van der Waals surface area contributed by atoms with Gasteiger partial charge in [0, 0.05) is 30.9 Å². The average molecular weight is 266 g/mol. The first-order valence-corrected chi connectivity index (χ1v) is 6.57. The van der Waals surface area contributed by atoms with Crippen molar-refractivity contribution in [2.24, 2.45) is 0 Å². The quantitative estimate of drug-likeness (QED) is 0.458. The van der Waals surface area contributed by atoms with E-state index in [0.717, 1.165) is 20.2 Å². The highest BCUT2D eigenvalue weighted by atomic mass is 32.1. The second-order valence-corrected chi connectivity index (χ2v) is 5.56. The van der Waals surface area contributed by atoms with Gasteiger partial charge < -0.3 is 0 Å². The van der Waals surface area contributed by atoms with Gasteiger partial charge in [-0.1, -0.05) is 18.2 Å². The monoisotopic (exact) mass is 266 g/mol. The topological polar surface area (TPSA) is 51.2 Å². The molecule has 0 spiro atoms. The van der Waals surface area contributed by atoms with E-state index in [-0.39, 0.29) is 10.8 Å². The van der Waals surface area contributed by atoms with E-state index in [1.807, 2.05) is 24.3 Å². The molecule has 0 fully saturated rings. The Morgan fingerprint density at radius 2 is 1.32 bits per heavy atom. The molecule has 0 aliphatic rings. The summed E-state index contributed by atoms with van der Waals surface area (Å²) < 4.78 is 2.03. The molecule has 90 valence electrons.